The Labute approximate surface area is 119 Å². The number of amides is 1. The van der Waals surface area contributed by atoms with Gasteiger partial charge in [-0.25, -0.2) is 9.37 Å². The summed E-state index contributed by atoms with van der Waals surface area (Å²) in [5, 5.41) is 3.46. The highest BCUT2D eigenvalue weighted by molar-refractivity contribution is 6.34. The zero-order valence-corrected chi connectivity index (χ0v) is 10.9. The largest absolute Gasteiger partial charge is 0.361 e. The van der Waals surface area contributed by atoms with Crippen molar-refractivity contribution in [2.45, 2.75) is 0 Å². The molecular formula is C16H10FN3O. The molecule has 0 saturated heterocycles. The minimum Gasteiger partial charge on any atom is -0.361 e. The highest BCUT2D eigenvalue weighted by Gasteiger charge is 2.24. The van der Waals surface area contributed by atoms with Crippen LogP contribution in [0.15, 0.2) is 42.7 Å². The summed E-state index contributed by atoms with van der Waals surface area (Å²) < 4.78 is 13.4. The average Bonchev–Trinajstić information content (AvgIpc) is 3.01. The summed E-state index contributed by atoms with van der Waals surface area (Å²) in [4.78, 5) is 19.3. The van der Waals surface area contributed by atoms with E-state index in [1.54, 1.807) is 30.6 Å². The van der Waals surface area contributed by atoms with Gasteiger partial charge in [-0.2, -0.15) is 0 Å². The number of benzene rings is 1. The molecule has 1 amide bonds. The molecule has 4 rings (SSSR count). The van der Waals surface area contributed by atoms with Crippen LogP contribution in [0, 0.1) is 5.82 Å². The Bertz CT molecular complexity index is 911. The number of hydrogen-bond donors (Lipinski definition) is 2. The molecule has 0 aliphatic carbocycles. The van der Waals surface area contributed by atoms with Gasteiger partial charge in [0, 0.05) is 34.4 Å². The van der Waals surface area contributed by atoms with Crippen molar-refractivity contribution >= 4 is 34.3 Å². The summed E-state index contributed by atoms with van der Waals surface area (Å²) >= 11 is 0. The highest BCUT2D eigenvalue weighted by Crippen LogP contribution is 2.32. The summed E-state index contributed by atoms with van der Waals surface area (Å²) in [6, 6.07) is 8.15. The van der Waals surface area contributed by atoms with Gasteiger partial charge < -0.3 is 10.3 Å². The molecule has 1 aliphatic rings. The van der Waals surface area contributed by atoms with Gasteiger partial charge in [-0.3, -0.25) is 4.79 Å². The van der Waals surface area contributed by atoms with E-state index in [0.717, 1.165) is 22.0 Å². The maximum Gasteiger partial charge on any atom is 0.257 e. The Morgan fingerprint density at radius 1 is 1.24 bits per heavy atom. The molecule has 21 heavy (non-hydrogen) atoms. The zero-order valence-electron chi connectivity index (χ0n) is 10.9. The maximum absolute atomic E-state index is 13.4. The Hall–Kier alpha value is -2.95. The number of halogens is 1. The number of aromatic nitrogens is 2. The van der Waals surface area contributed by atoms with E-state index in [-0.39, 0.29) is 11.7 Å². The number of nitrogens with one attached hydrogen (secondary N) is 2. The molecule has 2 N–H and O–H groups in total. The molecule has 0 saturated carbocycles. The third-order valence-electron chi connectivity index (χ3n) is 3.55. The molecule has 0 radical (unpaired) electrons. The van der Waals surface area contributed by atoms with Crippen molar-refractivity contribution in [3.05, 3.63) is 59.7 Å². The summed E-state index contributed by atoms with van der Waals surface area (Å²) in [6.07, 6.45) is 5.14. The first-order chi connectivity index (χ1) is 10.2. The summed E-state index contributed by atoms with van der Waals surface area (Å²) in [7, 11) is 0. The van der Waals surface area contributed by atoms with Gasteiger partial charge in [0.25, 0.3) is 5.91 Å². The molecule has 3 heterocycles. The fraction of sp³-hybridized carbons (Fsp3) is 0. The molecule has 0 spiro atoms. The molecule has 0 unspecified atom stereocenters. The van der Waals surface area contributed by atoms with E-state index in [4.69, 9.17) is 0 Å². The maximum atomic E-state index is 13.4. The van der Waals surface area contributed by atoms with Crippen LogP contribution in [0.2, 0.25) is 0 Å². The molecule has 0 atom stereocenters. The number of pyridine rings is 1. The second-order valence-electron chi connectivity index (χ2n) is 4.85. The number of nitrogens with zero attached hydrogens (tertiary/aromatic N) is 1. The van der Waals surface area contributed by atoms with Gasteiger partial charge in [-0.05, 0) is 36.4 Å². The van der Waals surface area contributed by atoms with E-state index >= 15 is 0 Å². The fourth-order valence-corrected chi connectivity index (χ4v) is 2.55. The minimum atomic E-state index is -0.306. The number of H-pyrrole nitrogens is 1. The van der Waals surface area contributed by atoms with Crippen LogP contribution in [0.3, 0.4) is 0 Å². The van der Waals surface area contributed by atoms with E-state index in [1.165, 1.54) is 12.1 Å². The van der Waals surface area contributed by atoms with Gasteiger partial charge in [0.2, 0.25) is 0 Å². The predicted molar refractivity (Wildman–Crippen MR) is 79.0 cm³/mol. The Morgan fingerprint density at radius 3 is 3.05 bits per heavy atom. The van der Waals surface area contributed by atoms with Gasteiger partial charge in [0.15, 0.2) is 0 Å². The number of carbonyl (C=O) groups is 1. The smallest absolute Gasteiger partial charge is 0.257 e. The molecule has 0 fully saturated rings. The lowest BCUT2D eigenvalue weighted by atomic mass is 10.1. The van der Waals surface area contributed by atoms with E-state index in [0.29, 0.717) is 11.4 Å². The lowest BCUT2D eigenvalue weighted by Crippen LogP contribution is -2.04. The van der Waals surface area contributed by atoms with Gasteiger partial charge in [0.1, 0.15) is 11.6 Å². The number of carbonyl (C=O) groups excluding carboxylic acids is 1. The van der Waals surface area contributed by atoms with Gasteiger partial charge in [0.05, 0.1) is 5.57 Å². The van der Waals surface area contributed by atoms with Crippen molar-refractivity contribution in [3.8, 4) is 0 Å². The Kier molecular flexibility index (Phi) is 2.41. The minimum absolute atomic E-state index is 0.200. The third kappa shape index (κ3) is 1.82. The van der Waals surface area contributed by atoms with Crippen molar-refractivity contribution in [2.75, 3.05) is 5.32 Å². The van der Waals surface area contributed by atoms with Crippen LogP contribution in [-0.2, 0) is 4.79 Å². The first-order valence-corrected chi connectivity index (χ1v) is 6.47. The monoisotopic (exact) mass is 279 g/mol. The number of hydrogen-bond acceptors (Lipinski definition) is 2. The SMILES string of the molecule is O=C1Nc2ncccc2/C1=C/c1c[nH]c2ccc(F)cc12. The quantitative estimate of drug-likeness (QED) is 0.672. The van der Waals surface area contributed by atoms with Crippen LogP contribution in [0.25, 0.3) is 22.6 Å². The van der Waals surface area contributed by atoms with Crippen molar-refractivity contribution in [1.82, 2.24) is 9.97 Å². The van der Waals surface area contributed by atoms with Gasteiger partial charge in [-0.15, -0.1) is 0 Å². The van der Waals surface area contributed by atoms with Crippen molar-refractivity contribution in [1.29, 1.82) is 0 Å². The predicted octanol–water partition coefficient (Wildman–Crippen LogP) is 3.19. The van der Waals surface area contributed by atoms with Crippen LogP contribution in [0.1, 0.15) is 11.1 Å². The molecule has 0 bridgehead atoms. The van der Waals surface area contributed by atoms with Crippen molar-refractivity contribution < 1.29 is 9.18 Å². The van der Waals surface area contributed by atoms with Crippen molar-refractivity contribution in [3.63, 3.8) is 0 Å². The number of rotatable bonds is 1. The first-order valence-electron chi connectivity index (χ1n) is 6.47. The van der Waals surface area contributed by atoms with E-state index < -0.39 is 0 Å². The van der Waals surface area contributed by atoms with E-state index in [2.05, 4.69) is 15.3 Å². The first kappa shape index (κ1) is 11.8. The number of fused-ring (bicyclic) bond motifs is 2. The molecule has 1 aliphatic heterocycles. The van der Waals surface area contributed by atoms with E-state index in [9.17, 15) is 9.18 Å². The number of aromatic amines is 1. The summed E-state index contributed by atoms with van der Waals surface area (Å²) in [6.45, 7) is 0. The van der Waals surface area contributed by atoms with Gasteiger partial charge in [-0.1, -0.05) is 0 Å². The summed E-state index contributed by atoms with van der Waals surface area (Å²) in [5.74, 6) is 0.0499. The van der Waals surface area contributed by atoms with Crippen LogP contribution in [0.5, 0.6) is 0 Å². The Balaban J connectivity index is 1.91. The molecule has 2 aromatic heterocycles. The second kappa shape index (κ2) is 4.28. The van der Waals surface area contributed by atoms with E-state index in [1.807, 2.05) is 6.07 Å². The van der Waals surface area contributed by atoms with Crippen LogP contribution < -0.4 is 5.32 Å². The highest BCUT2D eigenvalue weighted by atomic mass is 19.1. The van der Waals surface area contributed by atoms with Gasteiger partial charge >= 0.3 is 0 Å². The average molecular weight is 279 g/mol. The number of anilines is 1. The molecular weight excluding hydrogens is 269 g/mol. The third-order valence-corrected chi connectivity index (χ3v) is 3.55. The van der Waals surface area contributed by atoms with Crippen LogP contribution in [-0.4, -0.2) is 15.9 Å². The summed E-state index contributed by atoms with van der Waals surface area (Å²) in [5.41, 5.74) is 2.89. The fourth-order valence-electron chi connectivity index (χ4n) is 2.55. The molecule has 5 heteroatoms. The lowest BCUT2D eigenvalue weighted by molar-refractivity contribution is -0.110. The molecule has 102 valence electrons. The van der Waals surface area contributed by atoms with Crippen molar-refractivity contribution in [2.24, 2.45) is 0 Å². The second-order valence-corrected chi connectivity index (χ2v) is 4.85. The molecule has 4 nitrogen and oxygen atoms in total. The lowest BCUT2D eigenvalue weighted by Gasteiger charge is -1.97. The molecule has 3 aromatic rings. The molecule has 1 aromatic carbocycles. The van der Waals surface area contributed by atoms with Crippen LogP contribution in [0.4, 0.5) is 10.2 Å². The topological polar surface area (TPSA) is 57.8 Å². The Morgan fingerprint density at radius 2 is 2.14 bits per heavy atom. The normalized spacial score (nSPS) is 15.5. The zero-order chi connectivity index (χ0) is 14.4. The standard InChI is InChI=1S/C16H10FN3O/c17-10-3-4-14-12(7-10)9(8-19-14)6-13-11-2-1-5-18-15(11)20-16(13)21/h1-8,19H,(H,18,20,21)/b13-6-. The van der Waals surface area contributed by atoms with Crippen LogP contribution >= 0.6 is 0 Å².